The van der Waals surface area contributed by atoms with Gasteiger partial charge in [-0.3, -0.25) is 0 Å². The first-order chi connectivity index (χ1) is 6.04. The lowest BCUT2D eigenvalue weighted by Crippen LogP contribution is -3.00. The van der Waals surface area contributed by atoms with Crippen LogP contribution in [0.15, 0.2) is 12.2 Å². The van der Waals surface area contributed by atoms with Crippen molar-refractivity contribution in [1.29, 1.82) is 0 Å². The van der Waals surface area contributed by atoms with Crippen molar-refractivity contribution >= 4 is 0 Å². The van der Waals surface area contributed by atoms with Gasteiger partial charge in [0.2, 0.25) is 0 Å². The number of halogens is 1. The van der Waals surface area contributed by atoms with Gasteiger partial charge in [0.15, 0.2) is 0 Å². The minimum absolute atomic E-state index is 0. The van der Waals surface area contributed by atoms with Crippen LogP contribution in [0.2, 0.25) is 0 Å². The second-order valence-corrected chi connectivity index (χ2v) is 5.84. The maximum Gasteiger partial charge on any atom is 0.0783 e. The summed E-state index contributed by atoms with van der Waals surface area (Å²) in [6.45, 7) is 1.34. The highest BCUT2D eigenvalue weighted by Gasteiger charge is 2.35. The van der Waals surface area contributed by atoms with Crippen molar-refractivity contribution in [3.8, 4) is 0 Å². The van der Waals surface area contributed by atoms with Crippen molar-refractivity contribution in [1.82, 2.24) is 0 Å². The minimum atomic E-state index is 0. The van der Waals surface area contributed by atoms with E-state index in [1.807, 2.05) is 0 Å². The van der Waals surface area contributed by atoms with Gasteiger partial charge in [0, 0.05) is 0 Å². The Morgan fingerprint density at radius 2 is 1.86 bits per heavy atom. The third-order valence-electron chi connectivity index (χ3n) is 3.59. The normalized spacial score (nSPS) is 34.6. The van der Waals surface area contributed by atoms with Gasteiger partial charge in [-0.15, -0.1) is 0 Å². The summed E-state index contributed by atoms with van der Waals surface area (Å²) in [5, 5.41) is 0. The third-order valence-corrected chi connectivity index (χ3v) is 3.59. The van der Waals surface area contributed by atoms with Crippen molar-refractivity contribution in [2.45, 2.75) is 19.3 Å². The summed E-state index contributed by atoms with van der Waals surface area (Å²) in [6, 6.07) is 0. The average molecular weight is 260 g/mol. The zero-order chi connectivity index (χ0) is 9.47. The van der Waals surface area contributed by atoms with Gasteiger partial charge < -0.3 is 21.5 Å². The van der Waals surface area contributed by atoms with Crippen LogP contribution in [-0.4, -0.2) is 32.2 Å². The minimum Gasteiger partial charge on any atom is -1.00 e. The van der Waals surface area contributed by atoms with Gasteiger partial charge in [-0.05, 0) is 37.0 Å². The second-order valence-electron chi connectivity index (χ2n) is 5.84. The molecule has 0 heterocycles. The van der Waals surface area contributed by atoms with E-state index in [4.69, 9.17) is 0 Å². The molecular formula is C12H22BrN. The first-order valence-corrected chi connectivity index (χ1v) is 5.53. The summed E-state index contributed by atoms with van der Waals surface area (Å²) >= 11 is 0. The molecule has 0 aromatic heterocycles. The Hall–Kier alpha value is 0.180. The number of nitrogens with zero attached hydrogens (tertiary/aromatic N) is 1. The first-order valence-electron chi connectivity index (χ1n) is 5.53. The fourth-order valence-corrected chi connectivity index (χ4v) is 2.78. The van der Waals surface area contributed by atoms with Crippen LogP contribution in [0.1, 0.15) is 19.3 Å². The van der Waals surface area contributed by atoms with Crippen LogP contribution in [0.3, 0.4) is 0 Å². The smallest absolute Gasteiger partial charge is 0.0783 e. The first kappa shape index (κ1) is 12.3. The van der Waals surface area contributed by atoms with Crippen LogP contribution in [0.25, 0.3) is 0 Å². The standard InChI is InChI=1S/C12H22N.BrH/c1-13(2,3)7-6-12-9-10-4-5-11(12)8-10;/h4-5,10-12H,6-9H2,1-3H3;1H/q+1;/p-1. The van der Waals surface area contributed by atoms with Crippen molar-refractivity contribution in [3.63, 3.8) is 0 Å². The number of rotatable bonds is 3. The molecule has 0 amide bonds. The molecule has 3 unspecified atom stereocenters. The molecular weight excluding hydrogens is 238 g/mol. The molecule has 0 aromatic carbocycles. The molecule has 0 aliphatic heterocycles. The van der Waals surface area contributed by atoms with Crippen molar-refractivity contribution < 1.29 is 21.5 Å². The fraction of sp³-hybridized carbons (Fsp3) is 0.833. The number of quaternary nitrogens is 1. The van der Waals surface area contributed by atoms with Crippen LogP contribution in [0.5, 0.6) is 0 Å². The van der Waals surface area contributed by atoms with E-state index in [1.54, 1.807) is 0 Å². The Balaban J connectivity index is 0.000000980. The average Bonchev–Trinajstić information content (AvgIpc) is 2.58. The molecule has 0 saturated heterocycles. The van der Waals surface area contributed by atoms with Crippen LogP contribution in [0, 0.1) is 17.8 Å². The topological polar surface area (TPSA) is 0 Å². The Bertz CT molecular complexity index is 217. The summed E-state index contributed by atoms with van der Waals surface area (Å²) in [5.74, 6) is 2.89. The molecule has 82 valence electrons. The van der Waals surface area contributed by atoms with Gasteiger partial charge in [-0.2, -0.15) is 0 Å². The molecule has 2 aliphatic carbocycles. The molecule has 2 bridgehead atoms. The molecule has 2 heteroatoms. The molecule has 2 rings (SSSR count). The molecule has 0 spiro atoms. The highest BCUT2D eigenvalue weighted by molar-refractivity contribution is 5.09. The molecule has 1 fully saturated rings. The Labute approximate surface area is 98.5 Å². The van der Waals surface area contributed by atoms with Crippen LogP contribution in [-0.2, 0) is 0 Å². The number of fused-ring (bicyclic) bond motifs is 2. The van der Waals surface area contributed by atoms with Gasteiger partial charge in [-0.25, -0.2) is 0 Å². The SMILES string of the molecule is C[N+](C)(C)CCC1CC2C=CC1C2.[Br-]. The summed E-state index contributed by atoms with van der Waals surface area (Å²) < 4.78 is 1.12. The summed E-state index contributed by atoms with van der Waals surface area (Å²) in [4.78, 5) is 0. The van der Waals surface area contributed by atoms with Crippen molar-refractivity contribution in [2.75, 3.05) is 27.7 Å². The molecule has 1 nitrogen and oxygen atoms in total. The number of hydrogen-bond acceptors (Lipinski definition) is 0. The van der Waals surface area contributed by atoms with Gasteiger partial charge in [0.1, 0.15) is 0 Å². The second kappa shape index (κ2) is 4.36. The van der Waals surface area contributed by atoms with Crippen LogP contribution < -0.4 is 17.0 Å². The molecule has 0 N–H and O–H groups in total. The molecule has 0 radical (unpaired) electrons. The maximum absolute atomic E-state index is 2.47. The zero-order valence-electron chi connectivity index (χ0n) is 9.54. The van der Waals surface area contributed by atoms with E-state index in [9.17, 15) is 0 Å². The number of hydrogen-bond donors (Lipinski definition) is 0. The Kier molecular flexibility index (Phi) is 3.81. The van der Waals surface area contributed by atoms with Crippen molar-refractivity contribution in [2.24, 2.45) is 17.8 Å². The monoisotopic (exact) mass is 259 g/mol. The van der Waals surface area contributed by atoms with E-state index < -0.39 is 0 Å². The predicted molar refractivity (Wildman–Crippen MR) is 56.4 cm³/mol. The quantitative estimate of drug-likeness (QED) is 0.465. The fourth-order valence-electron chi connectivity index (χ4n) is 2.78. The van der Waals surface area contributed by atoms with Gasteiger partial charge >= 0.3 is 0 Å². The van der Waals surface area contributed by atoms with E-state index in [2.05, 4.69) is 33.3 Å². The van der Waals surface area contributed by atoms with Crippen LogP contribution in [0.4, 0.5) is 0 Å². The third kappa shape index (κ3) is 2.83. The lowest BCUT2D eigenvalue weighted by molar-refractivity contribution is -0.871. The zero-order valence-corrected chi connectivity index (χ0v) is 11.1. The molecule has 2 aliphatic rings. The van der Waals surface area contributed by atoms with E-state index in [0.717, 1.165) is 22.2 Å². The molecule has 14 heavy (non-hydrogen) atoms. The Morgan fingerprint density at radius 3 is 2.29 bits per heavy atom. The molecule has 1 saturated carbocycles. The van der Waals surface area contributed by atoms with Gasteiger partial charge in [-0.1, -0.05) is 12.2 Å². The Morgan fingerprint density at radius 1 is 1.14 bits per heavy atom. The van der Waals surface area contributed by atoms with Crippen LogP contribution >= 0.6 is 0 Å². The van der Waals surface area contributed by atoms with E-state index >= 15 is 0 Å². The largest absolute Gasteiger partial charge is 1.00 e. The summed E-state index contributed by atoms with van der Waals surface area (Å²) in [7, 11) is 6.88. The predicted octanol–water partition coefficient (Wildman–Crippen LogP) is -0.701. The number of allylic oxidation sites excluding steroid dienone is 2. The molecule has 0 aromatic rings. The summed E-state index contributed by atoms with van der Waals surface area (Å²) in [6.07, 6.45) is 9.26. The van der Waals surface area contributed by atoms with Crippen molar-refractivity contribution in [3.05, 3.63) is 12.2 Å². The van der Waals surface area contributed by atoms with E-state index in [1.165, 1.54) is 25.8 Å². The summed E-state index contributed by atoms with van der Waals surface area (Å²) in [5.41, 5.74) is 0. The highest BCUT2D eigenvalue weighted by atomic mass is 79.9. The van der Waals surface area contributed by atoms with Gasteiger partial charge in [0.05, 0.1) is 27.7 Å². The van der Waals surface area contributed by atoms with E-state index in [0.29, 0.717) is 0 Å². The molecule has 3 atom stereocenters. The lowest BCUT2D eigenvalue weighted by atomic mass is 9.90. The maximum atomic E-state index is 2.47. The lowest BCUT2D eigenvalue weighted by Gasteiger charge is -2.27. The highest BCUT2D eigenvalue weighted by Crippen LogP contribution is 2.44. The van der Waals surface area contributed by atoms with E-state index in [-0.39, 0.29) is 17.0 Å². The van der Waals surface area contributed by atoms with Gasteiger partial charge in [0.25, 0.3) is 0 Å².